The molecule has 0 bridgehead atoms. The van der Waals surface area contributed by atoms with Gasteiger partial charge in [0.1, 0.15) is 0 Å². The van der Waals surface area contributed by atoms with Gasteiger partial charge < -0.3 is 15.2 Å². The number of hydrogen-bond acceptors (Lipinski definition) is 5. The highest BCUT2D eigenvalue weighted by atomic mass is 32.2. The highest BCUT2D eigenvalue weighted by molar-refractivity contribution is 7.89. The minimum absolute atomic E-state index is 0. The Morgan fingerprint density at radius 3 is 2.42 bits per heavy atom. The molecule has 236 valence electrons. The van der Waals surface area contributed by atoms with Gasteiger partial charge in [0.25, 0.3) is 5.91 Å². The quantitative estimate of drug-likeness (QED) is 0.266. The van der Waals surface area contributed by atoms with Crippen LogP contribution in [0, 0.1) is 0 Å². The maximum Gasteiger partial charge on any atom is 0.417 e. The molecule has 12 heteroatoms. The number of nitrogens with zero attached hydrogens (tertiary/aromatic N) is 2. The molecule has 1 aliphatic heterocycles. The minimum atomic E-state index is -4.67. The van der Waals surface area contributed by atoms with Crippen LogP contribution in [0.2, 0.25) is 0 Å². The van der Waals surface area contributed by atoms with Crippen molar-refractivity contribution in [1.82, 2.24) is 14.6 Å². The highest BCUT2D eigenvalue weighted by Crippen LogP contribution is 2.37. The Balaban J connectivity index is 0.00000506. The van der Waals surface area contributed by atoms with Crippen molar-refractivity contribution in [3.05, 3.63) is 70.0 Å². The number of sulfonamides is 1. The third kappa shape index (κ3) is 7.59. The number of anilines is 1. The number of amides is 1. The van der Waals surface area contributed by atoms with Crippen molar-refractivity contribution < 1.29 is 26.4 Å². The maximum absolute atomic E-state index is 13.7. The lowest BCUT2D eigenvalue weighted by Gasteiger charge is -2.31. The van der Waals surface area contributed by atoms with Crippen molar-refractivity contribution in [1.29, 1.82) is 0 Å². The first-order chi connectivity index (χ1) is 19.9. The Labute approximate surface area is 251 Å². The van der Waals surface area contributed by atoms with E-state index in [1.807, 2.05) is 20.8 Å². The van der Waals surface area contributed by atoms with E-state index in [9.17, 15) is 31.2 Å². The molecule has 2 atom stereocenters. The Kier molecular flexibility index (Phi) is 11.1. The first-order valence-electron chi connectivity index (χ1n) is 14.3. The number of aromatic amines is 1. The van der Waals surface area contributed by atoms with E-state index >= 15 is 0 Å². The van der Waals surface area contributed by atoms with Crippen LogP contribution in [0.3, 0.4) is 0 Å². The van der Waals surface area contributed by atoms with Crippen molar-refractivity contribution in [2.45, 2.75) is 83.5 Å². The lowest BCUT2D eigenvalue weighted by Crippen LogP contribution is -2.37. The third-order valence-electron chi connectivity index (χ3n) is 7.66. The van der Waals surface area contributed by atoms with Crippen molar-refractivity contribution in [2.24, 2.45) is 0 Å². The summed E-state index contributed by atoms with van der Waals surface area (Å²) in [5.41, 5.74) is -0.818. The predicted octanol–water partition coefficient (Wildman–Crippen LogP) is 6.17. The molecule has 43 heavy (non-hydrogen) atoms. The summed E-state index contributed by atoms with van der Waals surface area (Å²) in [7, 11) is -3.73. The Morgan fingerprint density at radius 1 is 1.07 bits per heavy atom. The molecule has 0 spiro atoms. The number of halogens is 3. The van der Waals surface area contributed by atoms with Crippen LogP contribution in [-0.2, 0) is 16.2 Å². The maximum atomic E-state index is 13.7. The summed E-state index contributed by atoms with van der Waals surface area (Å²) in [6, 6.07) is 11.3. The van der Waals surface area contributed by atoms with Gasteiger partial charge in [0.2, 0.25) is 15.6 Å². The van der Waals surface area contributed by atoms with Gasteiger partial charge in [0, 0.05) is 59.9 Å². The number of benzene rings is 2. The zero-order chi connectivity index (χ0) is 30.7. The molecule has 0 unspecified atom stereocenters. The third-order valence-corrected chi connectivity index (χ3v) is 9.55. The molecule has 1 aromatic heterocycles. The molecule has 3 aromatic rings. The van der Waals surface area contributed by atoms with E-state index in [4.69, 9.17) is 0 Å². The fourth-order valence-corrected chi connectivity index (χ4v) is 7.38. The largest absolute Gasteiger partial charge is 0.417 e. The first kappa shape index (κ1) is 34.1. The number of aromatic nitrogens is 1. The van der Waals surface area contributed by atoms with Crippen molar-refractivity contribution >= 4 is 32.5 Å². The summed E-state index contributed by atoms with van der Waals surface area (Å²) in [5.74, 6) is -0.397. The van der Waals surface area contributed by atoms with Gasteiger partial charge in [-0.3, -0.25) is 9.59 Å². The van der Waals surface area contributed by atoms with Crippen LogP contribution in [0.25, 0.3) is 10.9 Å². The average Bonchev–Trinajstić information content (AvgIpc) is 3.31. The van der Waals surface area contributed by atoms with Gasteiger partial charge in [-0.25, -0.2) is 8.42 Å². The number of rotatable bonds is 11. The molecular weight excluding hydrogens is 581 g/mol. The molecule has 2 N–H and O–H groups in total. The molecular formula is C31H41F3N4O4S. The smallest absolute Gasteiger partial charge is 0.366 e. The summed E-state index contributed by atoms with van der Waals surface area (Å²) in [5, 5.41) is 2.80. The van der Waals surface area contributed by atoms with E-state index in [1.54, 1.807) is 18.2 Å². The molecule has 8 nitrogen and oxygen atoms in total. The molecule has 2 heterocycles. The van der Waals surface area contributed by atoms with Crippen LogP contribution in [0.4, 0.5) is 18.9 Å². The monoisotopic (exact) mass is 622 g/mol. The Morgan fingerprint density at radius 2 is 1.77 bits per heavy atom. The second-order valence-corrected chi connectivity index (χ2v) is 12.7. The summed E-state index contributed by atoms with van der Waals surface area (Å²) in [4.78, 5) is 29.4. The number of nitrogens with one attached hydrogen (secondary N) is 2. The molecule has 0 saturated carbocycles. The second kappa shape index (κ2) is 13.9. The Hall–Kier alpha value is -3.38. The van der Waals surface area contributed by atoms with Crippen molar-refractivity contribution in [3.8, 4) is 0 Å². The lowest BCUT2D eigenvalue weighted by atomic mass is 10.1. The van der Waals surface area contributed by atoms with Crippen LogP contribution in [0.1, 0.15) is 76.2 Å². The molecule has 1 amide bonds. The van der Waals surface area contributed by atoms with Gasteiger partial charge in [-0.15, -0.1) is 0 Å². The molecule has 0 aliphatic carbocycles. The number of alkyl halides is 3. The molecule has 2 aromatic carbocycles. The van der Waals surface area contributed by atoms with E-state index < -0.39 is 33.2 Å². The number of carbonyl (C=O) groups is 1. The van der Waals surface area contributed by atoms with Crippen LogP contribution in [0.5, 0.6) is 0 Å². The Bertz CT molecular complexity index is 1580. The van der Waals surface area contributed by atoms with E-state index in [0.717, 1.165) is 12.8 Å². The molecule has 0 radical (unpaired) electrons. The van der Waals surface area contributed by atoms with Crippen molar-refractivity contribution in [2.75, 3.05) is 24.5 Å². The number of hydrogen-bond donors (Lipinski definition) is 2. The standard InChI is InChI=1S/C30H37F3N4O4S.CH4/c1-4-15-36(16-5-2)42(40,41)24-8-6-7-21(17-24)29(39)34-14-13-22-10-9-20(3)37(22)23-11-12-27-25(18-23)26(30(31,32)33)19-28(38)35-27;/h6-8,11-12,17-20,22H,4-5,9-10,13-16H2,1-3H3,(H,34,39)(H,35,38);1H4/t20-,22-;/m1./s1. The van der Waals surface area contributed by atoms with Crippen LogP contribution >= 0.6 is 0 Å². The topological polar surface area (TPSA) is 103 Å². The summed E-state index contributed by atoms with van der Waals surface area (Å²) >= 11 is 0. The lowest BCUT2D eigenvalue weighted by molar-refractivity contribution is -0.136. The van der Waals surface area contributed by atoms with Gasteiger partial charge in [-0.1, -0.05) is 27.3 Å². The fourth-order valence-electron chi connectivity index (χ4n) is 5.71. The first-order valence-corrected chi connectivity index (χ1v) is 15.7. The summed E-state index contributed by atoms with van der Waals surface area (Å²) in [6.07, 6.45) is -1.14. The average molecular weight is 623 g/mol. The summed E-state index contributed by atoms with van der Waals surface area (Å²) in [6.45, 7) is 6.93. The zero-order valence-electron chi connectivity index (χ0n) is 24.0. The van der Waals surface area contributed by atoms with E-state index in [1.165, 1.54) is 28.6 Å². The summed E-state index contributed by atoms with van der Waals surface area (Å²) < 4.78 is 68.8. The molecule has 1 fully saturated rings. The van der Waals surface area contributed by atoms with E-state index in [2.05, 4.69) is 15.2 Å². The number of pyridine rings is 1. The van der Waals surface area contributed by atoms with Gasteiger partial charge in [-0.05, 0) is 75.4 Å². The normalized spacial score (nSPS) is 17.3. The molecule has 1 aliphatic rings. The van der Waals surface area contributed by atoms with Gasteiger partial charge in [-0.2, -0.15) is 17.5 Å². The number of fused-ring (bicyclic) bond motifs is 1. The van der Waals surface area contributed by atoms with E-state index in [-0.39, 0.29) is 40.9 Å². The van der Waals surface area contributed by atoms with Crippen LogP contribution in [-0.4, -0.2) is 55.3 Å². The predicted molar refractivity (Wildman–Crippen MR) is 164 cm³/mol. The molecule has 1 saturated heterocycles. The van der Waals surface area contributed by atoms with Crippen molar-refractivity contribution in [3.63, 3.8) is 0 Å². The van der Waals surface area contributed by atoms with Gasteiger partial charge in [0.15, 0.2) is 0 Å². The van der Waals surface area contributed by atoms with Crippen LogP contribution in [0.15, 0.2) is 58.2 Å². The zero-order valence-corrected chi connectivity index (χ0v) is 24.8. The van der Waals surface area contributed by atoms with Crippen LogP contribution < -0.4 is 15.8 Å². The number of carbonyl (C=O) groups excluding carboxylic acids is 1. The van der Waals surface area contributed by atoms with Gasteiger partial charge in [0.05, 0.1) is 10.5 Å². The SMILES string of the molecule is C.CCCN(CCC)S(=O)(=O)c1cccc(C(=O)NCC[C@H]2CC[C@@H](C)N2c2ccc3[nH]c(=O)cc(C(F)(F)F)c3c2)c1. The highest BCUT2D eigenvalue weighted by Gasteiger charge is 2.35. The van der Waals surface area contributed by atoms with E-state index in [0.29, 0.717) is 50.7 Å². The fraction of sp³-hybridized carbons (Fsp3) is 0.484. The minimum Gasteiger partial charge on any atom is -0.366 e. The molecule has 4 rings (SSSR count). The van der Waals surface area contributed by atoms with Gasteiger partial charge >= 0.3 is 6.18 Å². The second-order valence-electron chi connectivity index (χ2n) is 10.7. The number of H-pyrrole nitrogens is 1.